The number of hydrogen-bond acceptors (Lipinski definition) is 5. The normalized spacial score (nSPS) is 10.5. The van der Waals surface area contributed by atoms with Gasteiger partial charge in [-0.3, -0.25) is 19.1 Å². The van der Waals surface area contributed by atoms with E-state index in [2.05, 4.69) is 15.2 Å². The van der Waals surface area contributed by atoms with Crippen LogP contribution in [0.2, 0.25) is 0 Å². The summed E-state index contributed by atoms with van der Waals surface area (Å²) in [5.41, 5.74) is 1.45. The number of hydrogen-bond donors (Lipinski definition) is 1. The van der Waals surface area contributed by atoms with Gasteiger partial charge in [0.25, 0.3) is 5.56 Å². The van der Waals surface area contributed by atoms with Crippen molar-refractivity contribution in [2.45, 2.75) is 13.3 Å². The summed E-state index contributed by atoms with van der Waals surface area (Å²) in [5.74, 6) is -0.874. The Morgan fingerprint density at radius 1 is 1.12 bits per heavy atom. The standard InChI is InChI=1S/C17H14N4O3/c1-11-5-7-12(8-6-11)21-16(13-4-2-3-9-18-13)20-19-14(17(21)24)10-15(22)23/h2-9H,10H2,1H3,(H,22,23). The van der Waals surface area contributed by atoms with Crippen molar-refractivity contribution in [3.63, 3.8) is 0 Å². The number of pyridine rings is 1. The summed E-state index contributed by atoms with van der Waals surface area (Å²) in [7, 11) is 0. The molecule has 0 saturated carbocycles. The first-order valence-electron chi connectivity index (χ1n) is 7.25. The Hall–Kier alpha value is -3.35. The lowest BCUT2D eigenvalue weighted by Crippen LogP contribution is -2.28. The molecule has 0 radical (unpaired) electrons. The van der Waals surface area contributed by atoms with Gasteiger partial charge in [0.2, 0.25) is 0 Å². The number of rotatable bonds is 4. The number of carbonyl (C=O) groups is 1. The molecule has 0 aliphatic heterocycles. The highest BCUT2D eigenvalue weighted by Crippen LogP contribution is 2.17. The molecular formula is C17H14N4O3. The van der Waals surface area contributed by atoms with Crippen LogP contribution in [0.15, 0.2) is 53.5 Å². The number of aliphatic carboxylic acids is 1. The van der Waals surface area contributed by atoms with Crippen molar-refractivity contribution in [1.29, 1.82) is 0 Å². The van der Waals surface area contributed by atoms with Crippen LogP contribution in [-0.4, -0.2) is 30.8 Å². The van der Waals surface area contributed by atoms with Crippen molar-refractivity contribution >= 4 is 5.97 Å². The van der Waals surface area contributed by atoms with E-state index in [-0.39, 0.29) is 11.5 Å². The minimum Gasteiger partial charge on any atom is -0.481 e. The minimum absolute atomic E-state index is 0.122. The van der Waals surface area contributed by atoms with Gasteiger partial charge in [-0.05, 0) is 31.2 Å². The highest BCUT2D eigenvalue weighted by atomic mass is 16.4. The summed E-state index contributed by atoms with van der Waals surface area (Å²) in [6, 6.07) is 12.5. The van der Waals surface area contributed by atoms with Crippen molar-refractivity contribution in [3.8, 4) is 17.2 Å². The molecule has 0 bridgehead atoms. The van der Waals surface area contributed by atoms with Crippen molar-refractivity contribution in [3.05, 3.63) is 70.3 Å². The minimum atomic E-state index is -1.14. The fourth-order valence-electron chi connectivity index (χ4n) is 2.27. The van der Waals surface area contributed by atoms with Crippen LogP contribution in [-0.2, 0) is 11.2 Å². The Bertz CT molecular complexity index is 934. The van der Waals surface area contributed by atoms with E-state index in [1.54, 1.807) is 36.5 Å². The highest BCUT2D eigenvalue weighted by Gasteiger charge is 2.17. The fourth-order valence-corrected chi connectivity index (χ4v) is 2.27. The second-order valence-corrected chi connectivity index (χ2v) is 5.23. The first kappa shape index (κ1) is 15.5. The van der Waals surface area contributed by atoms with Gasteiger partial charge in [-0.25, -0.2) is 0 Å². The Morgan fingerprint density at radius 3 is 2.50 bits per heavy atom. The number of carboxylic acids is 1. The Morgan fingerprint density at radius 2 is 1.88 bits per heavy atom. The zero-order valence-corrected chi connectivity index (χ0v) is 12.9. The number of carboxylic acid groups (broad SMARTS) is 1. The molecule has 0 unspecified atom stereocenters. The summed E-state index contributed by atoms with van der Waals surface area (Å²) in [6.07, 6.45) is 1.10. The van der Waals surface area contributed by atoms with Crippen LogP contribution in [0.5, 0.6) is 0 Å². The maximum atomic E-state index is 12.8. The molecule has 3 rings (SSSR count). The molecule has 7 heteroatoms. The highest BCUT2D eigenvalue weighted by molar-refractivity contribution is 5.69. The Balaban J connectivity index is 2.26. The first-order valence-corrected chi connectivity index (χ1v) is 7.25. The lowest BCUT2D eigenvalue weighted by molar-refractivity contribution is -0.136. The molecule has 1 N–H and O–H groups in total. The molecule has 0 fully saturated rings. The molecule has 0 aliphatic carbocycles. The van der Waals surface area contributed by atoms with Gasteiger partial charge in [0, 0.05) is 6.20 Å². The van der Waals surface area contributed by atoms with Gasteiger partial charge in [-0.15, -0.1) is 10.2 Å². The predicted molar refractivity (Wildman–Crippen MR) is 86.9 cm³/mol. The molecule has 1 aromatic carbocycles. The topological polar surface area (TPSA) is 98.0 Å². The zero-order chi connectivity index (χ0) is 17.1. The Labute approximate surface area is 137 Å². The molecular weight excluding hydrogens is 308 g/mol. The van der Waals surface area contributed by atoms with Gasteiger partial charge in [-0.2, -0.15) is 0 Å². The van der Waals surface area contributed by atoms with Gasteiger partial charge in [0.15, 0.2) is 5.82 Å². The van der Waals surface area contributed by atoms with Gasteiger partial charge in [0.05, 0.1) is 12.1 Å². The molecule has 0 spiro atoms. The zero-order valence-electron chi connectivity index (χ0n) is 12.9. The summed E-state index contributed by atoms with van der Waals surface area (Å²) >= 11 is 0. The van der Waals surface area contributed by atoms with Crippen molar-refractivity contribution < 1.29 is 9.90 Å². The average molecular weight is 322 g/mol. The van der Waals surface area contributed by atoms with Gasteiger partial charge in [0.1, 0.15) is 11.4 Å². The fraction of sp³-hybridized carbons (Fsp3) is 0.118. The van der Waals surface area contributed by atoms with Crippen LogP contribution in [0, 0.1) is 6.92 Å². The molecule has 0 saturated heterocycles. The third-order valence-electron chi connectivity index (χ3n) is 3.43. The van der Waals surface area contributed by atoms with Gasteiger partial charge < -0.3 is 5.11 Å². The lowest BCUT2D eigenvalue weighted by Gasteiger charge is -2.12. The number of aromatic nitrogens is 4. The monoisotopic (exact) mass is 322 g/mol. The van der Waals surface area contributed by atoms with Crippen molar-refractivity contribution in [1.82, 2.24) is 19.7 Å². The maximum absolute atomic E-state index is 12.8. The number of aryl methyl sites for hydroxylation is 1. The second kappa shape index (κ2) is 6.41. The van der Waals surface area contributed by atoms with E-state index in [1.807, 2.05) is 19.1 Å². The molecule has 2 heterocycles. The predicted octanol–water partition coefficient (Wildman–Crippen LogP) is 1.63. The van der Waals surface area contributed by atoms with Crippen LogP contribution in [0.4, 0.5) is 0 Å². The molecule has 7 nitrogen and oxygen atoms in total. The van der Waals surface area contributed by atoms with E-state index in [0.29, 0.717) is 11.4 Å². The number of benzene rings is 1. The molecule has 0 amide bonds. The molecule has 0 atom stereocenters. The third-order valence-corrected chi connectivity index (χ3v) is 3.43. The van der Waals surface area contributed by atoms with Crippen LogP contribution in [0.3, 0.4) is 0 Å². The molecule has 120 valence electrons. The smallest absolute Gasteiger partial charge is 0.309 e. The van der Waals surface area contributed by atoms with Crippen LogP contribution < -0.4 is 5.56 Å². The molecule has 24 heavy (non-hydrogen) atoms. The van der Waals surface area contributed by atoms with Gasteiger partial charge in [-0.1, -0.05) is 23.8 Å². The van der Waals surface area contributed by atoms with E-state index in [9.17, 15) is 9.59 Å². The third kappa shape index (κ3) is 3.05. The molecule has 3 aromatic rings. The van der Waals surface area contributed by atoms with Gasteiger partial charge >= 0.3 is 5.97 Å². The lowest BCUT2D eigenvalue weighted by atomic mass is 10.2. The molecule has 2 aromatic heterocycles. The SMILES string of the molecule is Cc1ccc(-n2c(-c3ccccn3)nnc(CC(=O)O)c2=O)cc1. The average Bonchev–Trinajstić information content (AvgIpc) is 2.58. The van der Waals surface area contributed by atoms with Crippen molar-refractivity contribution in [2.24, 2.45) is 0 Å². The van der Waals surface area contributed by atoms with Crippen molar-refractivity contribution in [2.75, 3.05) is 0 Å². The quantitative estimate of drug-likeness (QED) is 0.784. The van der Waals surface area contributed by atoms with E-state index in [4.69, 9.17) is 5.11 Å². The number of nitrogens with zero attached hydrogens (tertiary/aromatic N) is 4. The second-order valence-electron chi connectivity index (χ2n) is 5.23. The Kier molecular flexibility index (Phi) is 4.15. The summed E-state index contributed by atoms with van der Waals surface area (Å²) < 4.78 is 1.34. The largest absolute Gasteiger partial charge is 0.481 e. The summed E-state index contributed by atoms with van der Waals surface area (Å²) in [5, 5.41) is 16.8. The van der Waals surface area contributed by atoms with Crippen LogP contribution >= 0.6 is 0 Å². The summed E-state index contributed by atoms with van der Waals surface area (Å²) in [4.78, 5) is 27.9. The first-order chi connectivity index (χ1) is 11.6. The van der Waals surface area contributed by atoms with Crippen LogP contribution in [0.25, 0.3) is 17.2 Å². The van der Waals surface area contributed by atoms with E-state index in [1.165, 1.54) is 4.57 Å². The molecule has 0 aliphatic rings. The van der Waals surface area contributed by atoms with Crippen LogP contribution in [0.1, 0.15) is 11.3 Å². The maximum Gasteiger partial charge on any atom is 0.309 e. The van der Waals surface area contributed by atoms with E-state index < -0.39 is 17.9 Å². The van der Waals surface area contributed by atoms with E-state index >= 15 is 0 Å². The summed E-state index contributed by atoms with van der Waals surface area (Å²) in [6.45, 7) is 1.94. The van der Waals surface area contributed by atoms with E-state index in [0.717, 1.165) is 5.56 Å².